The summed E-state index contributed by atoms with van der Waals surface area (Å²) in [7, 11) is 2.05. The molecule has 0 saturated carbocycles. The summed E-state index contributed by atoms with van der Waals surface area (Å²) in [4.78, 5) is 30.0. The number of nitrogens with zero attached hydrogens (tertiary/aromatic N) is 7. The van der Waals surface area contributed by atoms with E-state index in [-0.39, 0.29) is 37.0 Å². The molecule has 2 fully saturated rings. The van der Waals surface area contributed by atoms with Crippen LogP contribution in [0.4, 0.5) is 29.1 Å². The molecule has 1 amide bonds. The fourth-order valence-corrected chi connectivity index (χ4v) is 6.76. The molecule has 2 saturated heterocycles. The Kier molecular flexibility index (Phi) is 9.09. The molecule has 0 aliphatic carbocycles. The first-order chi connectivity index (χ1) is 22.5. The van der Waals surface area contributed by atoms with E-state index in [0.717, 1.165) is 31.0 Å². The minimum absolute atomic E-state index is 0.140. The van der Waals surface area contributed by atoms with E-state index in [1.807, 2.05) is 11.9 Å². The van der Waals surface area contributed by atoms with E-state index >= 15 is 0 Å². The molecule has 3 aliphatic heterocycles. The number of carbonyl (C=O) groups is 1. The van der Waals surface area contributed by atoms with Crippen LogP contribution in [0, 0.1) is 17.1 Å². The fraction of sp³-hybridized carbons (Fsp3) is 0.455. The van der Waals surface area contributed by atoms with Gasteiger partial charge in [-0.15, -0.1) is 13.2 Å². The van der Waals surface area contributed by atoms with Gasteiger partial charge in [0.25, 0.3) is 0 Å². The second-order valence-corrected chi connectivity index (χ2v) is 12.1. The average Bonchev–Trinajstić information content (AvgIpc) is 3.46. The molecule has 4 heterocycles. The summed E-state index contributed by atoms with van der Waals surface area (Å²) in [6, 6.07) is 8.64. The normalized spacial score (nSPS) is 20.2. The molecule has 3 aliphatic rings. The summed E-state index contributed by atoms with van der Waals surface area (Å²) < 4.78 is 64.2. The van der Waals surface area contributed by atoms with Crippen LogP contribution in [-0.2, 0) is 17.8 Å². The molecule has 2 aromatic carbocycles. The van der Waals surface area contributed by atoms with Gasteiger partial charge in [-0.3, -0.25) is 4.79 Å². The number of anilines is 2. The molecule has 0 N–H and O–H groups in total. The Hall–Kier alpha value is -4.64. The maximum atomic E-state index is 14.8. The Bertz CT molecular complexity index is 1710. The van der Waals surface area contributed by atoms with E-state index in [1.54, 1.807) is 4.90 Å². The number of piperazine rings is 1. The number of halogens is 4. The molecule has 1 aromatic heterocycles. The van der Waals surface area contributed by atoms with Gasteiger partial charge in [0.1, 0.15) is 24.0 Å². The average molecular weight is 654 g/mol. The van der Waals surface area contributed by atoms with Crippen LogP contribution in [0.3, 0.4) is 0 Å². The second-order valence-electron chi connectivity index (χ2n) is 12.1. The second kappa shape index (κ2) is 13.2. The van der Waals surface area contributed by atoms with Gasteiger partial charge in [-0.1, -0.05) is 12.6 Å². The lowest BCUT2D eigenvalue weighted by atomic mass is 10.0. The Balaban J connectivity index is 1.35. The number of amides is 1. The Labute approximate surface area is 269 Å². The van der Waals surface area contributed by atoms with Crippen LogP contribution in [0.15, 0.2) is 43.0 Å². The molecule has 0 bridgehead atoms. The maximum absolute atomic E-state index is 14.8. The SMILES string of the molecule is C=CC(=O)N1CCN(c2nc(OC[C@@H]3CCCN3C)nc3c2CCN(c2cc(F)cc4ccc(OC(F)(F)F)cc24)C3)CC1CC#N. The van der Waals surface area contributed by atoms with E-state index in [1.165, 1.54) is 30.3 Å². The van der Waals surface area contributed by atoms with Gasteiger partial charge in [0.15, 0.2) is 0 Å². The maximum Gasteiger partial charge on any atom is 0.573 e. The number of hydrogen-bond acceptors (Lipinski definition) is 9. The summed E-state index contributed by atoms with van der Waals surface area (Å²) in [5.41, 5.74) is 1.93. The smallest absolute Gasteiger partial charge is 0.462 e. The highest BCUT2D eigenvalue weighted by Crippen LogP contribution is 2.37. The largest absolute Gasteiger partial charge is 0.573 e. The summed E-state index contributed by atoms with van der Waals surface area (Å²) in [5.74, 6) is -0.496. The zero-order valence-corrected chi connectivity index (χ0v) is 26.0. The van der Waals surface area contributed by atoms with Crippen molar-refractivity contribution in [3.63, 3.8) is 0 Å². The molecule has 1 unspecified atom stereocenters. The van der Waals surface area contributed by atoms with Crippen molar-refractivity contribution in [3.8, 4) is 17.8 Å². The molecule has 14 heteroatoms. The lowest BCUT2D eigenvalue weighted by Crippen LogP contribution is -2.55. The topological polar surface area (TPSA) is 98.1 Å². The van der Waals surface area contributed by atoms with Crippen LogP contribution in [0.5, 0.6) is 11.8 Å². The summed E-state index contributed by atoms with van der Waals surface area (Å²) in [6.07, 6.45) is -0.957. The predicted octanol–water partition coefficient (Wildman–Crippen LogP) is 4.82. The fourth-order valence-electron chi connectivity index (χ4n) is 6.76. The predicted molar refractivity (Wildman–Crippen MR) is 167 cm³/mol. The standard InChI is InChI=1S/C33H35F4N7O3/c1-3-30(45)44-14-13-43(18-23(44)8-10-38)31-26-9-12-42(19-28(26)39-32(40-31)46-20-24-5-4-11-41(24)2)29-16-22(34)15-21-6-7-25(17-27(21)29)47-33(35,36)37/h3,6-7,15-17,23-24H,1,4-5,8-9,11-14,18-20H2,2H3/t23?,24-/m0/s1. The van der Waals surface area contributed by atoms with Gasteiger partial charge in [0.2, 0.25) is 5.91 Å². The number of hydrogen-bond donors (Lipinski definition) is 0. The zero-order valence-electron chi connectivity index (χ0n) is 26.0. The third-order valence-electron chi connectivity index (χ3n) is 9.11. The molecule has 47 heavy (non-hydrogen) atoms. The first-order valence-corrected chi connectivity index (χ1v) is 15.5. The van der Waals surface area contributed by atoms with Crippen LogP contribution in [0.2, 0.25) is 0 Å². The molecule has 0 radical (unpaired) electrons. The summed E-state index contributed by atoms with van der Waals surface area (Å²) in [5, 5.41) is 10.4. The van der Waals surface area contributed by atoms with Gasteiger partial charge in [-0.2, -0.15) is 15.2 Å². The monoisotopic (exact) mass is 653 g/mol. The van der Waals surface area contributed by atoms with Crippen molar-refractivity contribution >= 4 is 28.2 Å². The Morgan fingerprint density at radius 3 is 2.68 bits per heavy atom. The molecule has 10 nitrogen and oxygen atoms in total. The summed E-state index contributed by atoms with van der Waals surface area (Å²) in [6.45, 7) is 6.83. The van der Waals surface area contributed by atoms with Crippen molar-refractivity contribution in [2.45, 2.75) is 50.7 Å². The molecule has 248 valence electrons. The first kappa shape index (κ1) is 32.3. The minimum atomic E-state index is -4.87. The van der Waals surface area contributed by atoms with Crippen molar-refractivity contribution in [2.24, 2.45) is 0 Å². The van der Waals surface area contributed by atoms with Crippen LogP contribution in [-0.4, -0.2) is 90.5 Å². The van der Waals surface area contributed by atoms with Crippen LogP contribution >= 0.6 is 0 Å². The zero-order chi connectivity index (χ0) is 33.3. The van der Waals surface area contributed by atoms with Crippen LogP contribution < -0.4 is 19.3 Å². The molecule has 6 rings (SSSR count). The number of likely N-dealkylation sites (N-methyl/N-ethyl adjacent to an activating group) is 1. The third-order valence-corrected chi connectivity index (χ3v) is 9.11. The number of likely N-dealkylation sites (tertiary alicyclic amines) is 1. The van der Waals surface area contributed by atoms with Crippen LogP contribution in [0.1, 0.15) is 30.5 Å². The van der Waals surface area contributed by atoms with Gasteiger partial charge in [-0.05, 0) is 68.6 Å². The van der Waals surface area contributed by atoms with E-state index < -0.39 is 17.9 Å². The van der Waals surface area contributed by atoms with Gasteiger partial charge in [-0.25, -0.2) is 4.39 Å². The highest BCUT2D eigenvalue weighted by molar-refractivity contribution is 5.95. The first-order valence-electron chi connectivity index (χ1n) is 15.5. The number of carbonyl (C=O) groups excluding carboxylic acids is 1. The number of fused-ring (bicyclic) bond motifs is 2. The Morgan fingerprint density at radius 2 is 1.96 bits per heavy atom. The lowest BCUT2D eigenvalue weighted by molar-refractivity contribution is -0.274. The number of alkyl halides is 3. The number of rotatable bonds is 8. The quantitative estimate of drug-likeness (QED) is 0.251. The van der Waals surface area contributed by atoms with Crippen molar-refractivity contribution in [2.75, 3.05) is 56.2 Å². The third kappa shape index (κ3) is 7.05. The van der Waals surface area contributed by atoms with Crippen molar-refractivity contribution < 1.29 is 31.8 Å². The van der Waals surface area contributed by atoms with Gasteiger partial charge >= 0.3 is 12.4 Å². The number of aromatic nitrogens is 2. The highest BCUT2D eigenvalue weighted by atomic mass is 19.4. The highest BCUT2D eigenvalue weighted by Gasteiger charge is 2.34. The van der Waals surface area contributed by atoms with Crippen molar-refractivity contribution in [3.05, 3.63) is 60.1 Å². The number of nitriles is 1. The van der Waals surface area contributed by atoms with Gasteiger partial charge in [0.05, 0.1) is 30.8 Å². The number of benzene rings is 2. The van der Waals surface area contributed by atoms with E-state index in [9.17, 15) is 27.6 Å². The van der Waals surface area contributed by atoms with Crippen LogP contribution in [0.25, 0.3) is 10.8 Å². The van der Waals surface area contributed by atoms with Crippen molar-refractivity contribution in [1.82, 2.24) is 19.8 Å². The van der Waals surface area contributed by atoms with E-state index in [4.69, 9.17) is 14.7 Å². The van der Waals surface area contributed by atoms with Gasteiger partial charge < -0.3 is 29.1 Å². The Morgan fingerprint density at radius 1 is 1.13 bits per heavy atom. The van der Waals surface area contributed by atoms with Crippen molar-refractivity contribution in [1.29, 1.82) is 5.26 Å². The lowest BCUT2D eigenvalue weighted by Gasteiger charge is -2.42. The summed E-state index contributed by atoms with van der Waals surface area (Å²) >= 11 is 0. The number of ether oxygens (including phenoxy) is 2. The van der Waals surface area contributed by atoms with Gasteiger partial charge in [0, 0.05) is 48.9 Å². The van der Waals surface area contributed by atoms with E-state index in [0.29, 0.717) is 67.2 Å². The molecule has 2 atom stereocenters. The molecule has 3 aromatic rings. The minimum Gasteiger partial charge on any atom is -0.462 e. The molecular formula is C33H35F4N7O3. The molecular weight excluding hydrogens is 618 g/mol. The molecule has 0 spiro atoms. The van der Waals surface area contributed by atoms with E-state index in [2.05, 4.69) is 27.2 Å².